The molecule has 5 heteroatoms. The quantitative estimate of drug-likeness (QED) is 0.629. The molecule has 0 aromatic heterocycles. The van der Waals surface area contributed by atoms with Crippen LogP contribution in [0.4, 0.5) is 5.69 Å². The second-order valence-electron chi connectivity index (χ2n) is 5.94. The van der Waals surface area contributed by atoms with Gasteiger partial charge in [-0.15, -0.1) is 0 Å². The van der Waals surface area contributed by atoms with E-state index >= 15 is 0 Å². The van der Waals surface area contributed by atoms with Crippen molar-refractivity contribution in [3.8, 4) is 0 Å². The topological polar surface area (TPSA) is 30.9 Å². The van der Waals surface area contributed by atoms with Crippen LogP contribution in [0.25, 0.3) is 5.57 Å². The van der Waals surface area contributed by atoms with E-state index < -0.39 is 8.80 Å². The summed E-state index contributed by atoms with van der Waals surface area (Å²) in [5.41, 5.74) is 4.40. The Morgan fingerprint density at radius 1 is 0.808 bits per heavy atom. The number of rotatable bonds is 9. The Morgan fingerprint density at radius 2 is 1.23 bits per heavy atom. The molecule has 0 aliphatic heterocycles. The molecule has 0 saturated heterocycles. The van der Waals surface area contributed by atoms with Crippen molar-refractivity contribution in [1.29, 1.82) is 0 Å². The van der Waals surface area contributed by atoms with Gasteiger partial charge in [0.1, 0.15) is 0 Å². The molecule has 2 aromatic carbocycles. The SMILES string of the molecule is C=C(c1ccc(N(CC)CC)cc1)c1ccc([Si](OC)(OC)OC)cc1. The van der Waals surface area contributed by atoms with Gasteiger partial charge in [0.2, 0.25) is 0 Å². The predicted molar refractivity (Wildman–Crippen MR) is 111 cm³/mol. The molecular formula is C21H29NO3Si. The highest BCUT2D eigenvalue weighted by molar-refractivity contribution is 6.75. The standard InChI is InChI=1S/C21H29NO3Si/c1-7-22(8-2)20-13-9-18(10-14-20)17(3)19-11-15-21(16-12-19)26(23-4,24-5)25-6/h9-16H,3,7-8H2,1-2,4-6H3. The molecule has 0 aliphatic carbocycles. The second-order valence-corrected chi connectivity index (χ2v) is 8.86. The Balaban J connectivity index is 2.22. The molecule has 0 N–H and O–H groups in total. The van der Waals surface area contributed by atoms with Gasteiger partial charge in [0, 0.05) is 45.3 Å². The molecule has 0 fully saturated rings. The average molecular weight is 372 g/mol. The summed E-state index contributed by atoms with van der Waals surface area (Å²) in [7, 11) is 2.05. The second kappa shape index (κ2) is 9.14. The van der Waals surface area contributed by atoms with Crippen molar-refractivity contribution in [3.63, 3.8) is 0 Å². The van der Waals surface area contributed by atoms with Crippen molar-refractivity contribution in [2.45, 2.75) is 13.8 Å². The lowest BCUT2D eigenvalue weighted by Gasteiger charge is -2.24. The van der Waals surface area contributed by atoms with Crippen molar-refractivity contribution in [3.05, 3.63) is 66.2 Å². The van der Waals surface area contributed by atoms with Crippen LogP contribution in [0.2, 0.25) is 0 Å². The van der Waals surface area contributed by atoms with E-state index in [1.807, 2.05) is 24.3 Å². The Kier molecular flexibility index (Phi) is 7.17. The lowest BCUT2D eigenvalue weighted by atomic mass is 9.99. The first-order chi connectivity index (χ1) is 12.5. The predicted octanol–water partition coefficient (Wildman–Crippen LogP) is 3.68. The summed E-state index contributed by atoms with van der Waals surface area (Å²) >= 11 is 0. The van der Waals surface area contributed by atoms with Crippen LogP contribution in [-0.2, 0) is 13.3 Å². The third-order valence-corrected chi connectivity index (χ3v) is 7.39. The lowest BCUT2D eigenvalue weighted by Crippen LogP contribution is -2.54. The highest BCUT2D eigenvalue weighted by Crippen LogP contribution is 2.24. The number of benzene rings is 2. The molecule has 0 atom stereocenters. The highest BCUT2D eigenvalue weighted by atomic mass is 28.4. The smallest absolute Gasteiger partial charge is 0.373 e. The van der Waals surface area contributed by atoms with E-state index in [9.17, 15) is 0 Å². The Bertz CT molecular complexity index is 697. The summed E-state index contributed by atoms with van der Waals surface area (Å²) in [6.45, 7) is 10.6. The van der Waals surface area contributed by atoms with E-state index in [1.54, 1.807) is 21.3 Å². The number of nitrogens with zero attached hydrogens (tertiary/aromatic N) is 1. The van der Waals surface area contributed by atoms with Gasteiger partial charge in [0.15, 0.2) is 0 Å². The minimum absolute atomic E-state index is 0.929. The van der Waals surface area contributed by atoms with Gasteiger partial charge in [0.25, 0.3) is 0 Å². The fourth-order valence-electron chi connectivity index (χ4n) is 3.11. The van der Waals surface area contributed by atoms with Crippen molar-refractivity contribution in [1.82, 2.24) is 0 Å². The molecule has 0 unspecified atom stereocenters. The van der Waals surface area contributed by atoms with Crippen LogP contribution in [0.1, 0.15) is 25.0 Å². The Labute approximate surface area is 158 Å². The van der Waals surface area contributed by atoms with Crippen molar-refractivity contribution >= 4 is 25.3 Å². The normalized spacial score (nSPS) is 11.4. The third-order valence-electron chi connectivity index (χ3n) is 4.74. The van der Waals surface area contributed by atoms with Gasteiger partial charge in [-0.2, -0.15) is 0 Å². The van der Waals surface area contributed by atoms with Crippen LogP contribution in [0.3, 0.4) is 0 Å². The van der Waals surface area contributed by atoms with Gasteiger partial charge in [-0.3, -0.25) is 0 Å². The molecule has 0 radical (unpaired) electrons. The maximum absolute atomic E-state index is 5.53. The van der Waals surface area contributed by atoms with Crippen molar-refractivity contribution < 1.29 is 13.3 Å². The molecule has 0 spiro atoms. The summed E-state index contributed by atoms with van der Waals surface area (Å²) < 4.78 is 16.6. The molecule has 26 heavy (non-hydrogen) atoms. The fourth-order valence-corrected chi connectivity index (χ4v) is 4.89. The molecule has 0 heterocycles. The molecule has 2 aromatic rings. The first-order valence-corrected chi connectivity index (χ1v) is 10.6. The van der Waals surface area contributed by atoms with Crippen LogP contribution >= 0.6 is 0 Å². The molecule has 4 nitrogen and oxygen atoms in total. The molecule has 0 bridgehead atoms. The summed E-state index contributed by atoms with van der Waals surface area (Å²) in [6, 6.07) is 16.6. The number of hydrogen-bond acceptors (Lipinski definition) is 4. The molecule has 140 valence electrons. The maximum Gasteiger partial charge on any atom is 0.536 e. The van der Waals surface area contributed by atoms with Gasteiger partial charge in [-0.25, -0.2) is 0 Å². The molecule has 0 amide bonds. The number of anilines is 1. The first-order valence-electron chi connectivity index (χ1n) is 8.85. The van der Waals surface area contributed by atoms with Crippen LogP contribution < -0.4 is 10.1 Å². The maximum atomic E-state index is 5.53. The van der Waals surface area contributed by atoms with Gasteiger partial charge in [-0.05, 0) is 42.7 Å². The largest absolute Gasteiger partial charge is 0.536 e. The first kappa shape index (κ1) is 20.4. The van der Waals surface area contributed by atoms with Crippen LogP contribution in [0, 0.1) is 0 Å². The molecule has 2 rings (SSSR count). The van der Waals surface area contributed by atoms with E-state index in [-0.39, 0.29) is 0 Å². The van der Waals surface area contributed by atoms with Crippen molar-refractivity contribution in [2.75, 3.05) is 39.3 Å². The zero-order valence-electron chi connectivity index (χ0n) is 16.4. The minimum Gasteiger partial charge on any atom is -0.373 e. The Hall–Kier alpha value is -1.92. The van der Waals surface area contributed by atoms with E-state index in [2.05, 4.69) is 49.6 Å². The zero-order valence-corrected chi connectivity index (χ0v) is 17.4. The molecular weight excluding hydrogens is 342 g/mol. The van der Waals surface area contributed by atoms with Crippen LogP contribution in [-0.4, -0.2) is 43.2 Å². The Morgan fingerprint density at radius 3 is 1.62 bits per heavy atom. The van der Waals surface area contributed by atoms with Gasteiger partial charge in [0.05, 0.1) is 0 Å². The zero-order chi connectivity index (χ0) is 19.2. The van der Waals surface area contributed by atoms with Crippen LogP contribution in [0.15, 0.2) is 55.1 Å². The molecule has 0 aliphatic rings. The number of hydrogen-bond donors (Lipinski definition) is 0. The van der Waals surface area contributed by atoms with Crippen molar-refractivity contribution in [2.24, 2.45) is 0 Å². The monoisotopic (exact) mass is 371 g/mol. The average Bonchev–Trinajstić information content (AvgIpc) is 2.71. The van der Waals surface area contributed by atoms with E-state index in [4.69, 9.17) is 13.3 Å². The fraction of sp³-hybridized carbons (Fsp3) is 0.333. The highest BCUT2D eigenvalue weighted by Gasteiger charge is 2.40. The summed E-state index contributed by atoms with van der Waals surface area (Å²) in [4.78, 5) is 2.33. The third kappa shape index (κ3) is 4.07. The van der Waals surface area contributed by atoms with Gasteiger partial charge < -0.3 is 18.2 Å². The van der Waals surface area contributed by atoms with E-state index in [1.165, 1.54) is 5.69 Å². The minimum atomic E-state index is -2.79. The summed E-state index contributed by atoms with van der Waals surface area (Å²) in [6.07, 6.45) is 0. The van der Waals surface area contributed by atoms with E-state index in [0.29, 0.717) is 0 Å². The van der Waals surface area contributed by atoms with Gasteiger partial charge >= 0.3 is 8.80 Å². The lowest BCUT2D eigenvalue weighted by molar-refractivity contribution is 0.140. The van der Waals surface area contributed by atoms with Crippen LogP contribution in [0.5, 0.6) is 0 Å². The van der Waals surface area contributed by atoms with E-state index in [0.717, 1.165) is 35.0 Å². The van der Waals surface area contributed by atoms with Gasteiger partial charge in [-0.1, -0.05) is 43.0 Å². The molecule has 0 saturated carbocycles. The summed E-state index contributed by atoms with van der Waals surface area (Å²) in [5.74, 6) is 0. The summed E-state index contributed by atoms with van der Waals surface area (Å²) in [5, 5.41) is 0.929.